The van der Waals surface area contributed by atoms with E-state index in [9.17, 15) is 0 Å². The Morgan fingerprint density at radius 2 is 0.812 bits per heavy atom. The number of hydrogen-bond acceptors (Lipinski definition) is 1. The number of fused-ring (bicyclic) bond motifs is 6. The van der Waals surface area contributed by atoms with Crippen LogP contribution in [0.2, 0.25) is 0 Å². The molecule has 0 unspecified atom stereocenters. The molecule has 1 nitrogen and oxygen atoms in total. The summed E-state index contributed by atoms with van der Waals surface area (Å²) in [7, 11) is 0. The third kappa shape index (κ3) is 5.25. The molecule has 0 spiro atoms. The summed E-state index contributed by atoms with van der Waals surface area (Å²) < 4.78 is 0. The Hall–Kier alpha value is -8.26. The van der Waals surface area contributed by atoms with Crippen LogP contribution in [0.3, 0.4) is 0 Å². The van der Waals surface area contributed by atoms with Crippen molar-refractivity contribution in [3.05, 3.63) is 236 Å². The monoisotopic (exact) mass is 809 g/mol. The van der Waals surface area contributed by atoms with Gasteiger partial charge >= 0.3 is 0 Å². The summed E-state index contributed by atoms with van der Waals surface area (Å²) in [5.41, 5.74) is 13.8. The van der Waals surface area contributed by atoms with Gasteiger partial charge in [0.1, 0.15) is 0 Å². The van der Waals surface area contributed by atoms with E-state index in [-0.39, 0.29) is 0 Å². The highest BCUT2D eigenvalue weighted by Crippen LogP contribution is 2.48. The van der Waals surface area contributed by atoms with Crippen molar-refractivity contribution in [2.24, 2.45) is 0 Å². The Morgan fingerprint density at radius 3 is 1.56 bits per heavy atom. The molecule has 13 aromatic carbocycles. The van der Waals surface area contributed by atoms with Crippen LogP contribution in [0.15, 0.2) is 224 Å². The van der Waals surface area contributed by atoms with E-state index >= 15 is 0 Å². The average Bonchev–Trinajstić information content (AvgIpc) is 3.74. The van der Waals surface area contributed by atoms with E-state index in [4.69, 9.17) is 0 Å². The highest BCUT2D eigenvalue weighted by atomic mass is 15.1. The summed E-state index contributed by atoms with van der Waals surface area (Å²) in [6.07, 6.45) is 0.942. The molecule has 0 heterocycles. The molecule has 1 aliphatic carbocycles. The molecule has 0 saturated carbocycles. The Kier molecular flexibility index (Phi) is 7.52. The minimum atomic E-state index is 0.942. The van der Waals surface area contributed by atoms with Crippen LogP contribution in [-0.4, -0.2) is 0 Å². The maximum absolute atomic E-state index is 2.48. The van der Waals surface area contributed by atoms with Crippen molar-refractivity contribution >= 4 is 92.5 Å². The van der Waals surface area contributed by atoms with Gasteiger partial charge in [0.05, 0.1) is 0 Å². The predicted octanol–water partition coefficient (Wildman–Crippen LogP) is 17.6. The fraction of sp³-hybridized carbons (Fsp3) is 0.0159. The van der Waals surface area contributed by atoms with Crippen LogP contribution in [0.5, 0.6) is 0 Å². The summed E-state index contributed by atoms with van der Waals surface area (Å²) in [6, 6.07) is 84.1. The van der Waals surface area contributed by atoms with Crippen molar-refractivity contribution in [2.45, 2.75) is 6.42 Å². The van der Waals surface area contributed by atoms with E-state index in [1.807, 2.05) is 0 Å². The maximum Gasteiger partial charge on any atom is 0.0474 e. The van der Waals surface area contributed by atoms with Crippen molar-refractivity contribution in [3.63, 3.8) is 0 Å². The van der Waals surface area contributed by atoms with Crippen LogP contribution in [0.25, 0.3) is 109 Å². The second kappa shape index (κ2) is 13.6. The normalized spacial score (nSPS) is 12.3. The van der Waals surface area contributed by atoms with Crippen molar-refractivity contribution in [1.82, 2.24) is 0 Å². The molecule has 0 amide bonds. The van der Waals surface area contributed by atoms with Crippen LogP contribution < -0.4 is 4.90 Å². The topological polar surface area (TPSA) is 3.24 Å². The quantitative estimate of drug-likeness (QED) is 0.157. The van der Waals surface area contributed by atoms with E-state index < -0.39 is 0 Å². The molecule has 0 N–H and O–H groups in total. The first-order valence-electron chi connectivity index (χ1n) is 22.4. The molecular weight excluding hydrogens is 771 g/mol. The highest BCUT2D eigenvalue weighted by Gasteiger charge is 2.23. The molecule has 0 saturated heterocycles. The summed E-state index contributed by atoms with van der Waals surface area (Å²) in [5, 5.41) is 17.9. The summed E-state index contributed by atoms with van der Waals surface area (Å²) >= 11 is 0. The molecule has 0 fully saturated rings. The molecule has 0 aromatic heterocycles. The third-order valence-corrected chi connectivity index (χ3v) is 14.1. The Balaban J connectivity index is 1.03. The van der Waals surface area contributed by atoms with Crippen molar-refractivity contribution < 1.29 is 0 Å². The van der Waals surface area contributed by atoms with Gasteiger partial charge in [-0.15, -0.1) is 0 Å². The van der Waals surface area contributed by atoms with Gasteiger partial charge in [0.2, 0.25) is 0 Å². The van der Waals surface area contributed by atoms with Crippen LogP contribution in [0.1, 0.15) is 11.1 Å². The summed E-state index contributed by atoms with van der Waals surface area (Å²) in [6.45, 7) is 0. The minimum absolute atomic E-state index is 0.942. The first kappa shape index (κ1) is 35.3. The van der Waals surface area contributed by atoms with Crippen LogP contribution >= 0.6 is 0 Å². The highest BCUT2D eigenvalue weighted by molar-refractivity contribution is 6.37. The average molecular weight is 810 g/mol. The maximum atomic E-state index is 2.48. The fourth-order valence-electron chi connectivity index (χ4n) is 11.3. The van der Waals surface area contributed by atoms with E-state index in [0.29, 0.717) is 0 Å². The fourth-order valence-corrected chi connectivity index (χ4v) is 11.3. The number of anilines is 3. The minimum Gasteiger partial charge on any atom is -0.310 e. The molecule has 1 heteroatoms. The van der Waals surface area contributed by atoms with Gasteiger partial charge in [-0.1, -0.05) is 182 Å². The van der Waals surface area contributed by atoms with E-state index in [0.717, 1.165) is 23.5 Å². The SMILES string of the molecule is c1cc(-c2cccc3c2Cc2ccccc2-3)cc(N(c2ccc(-c3ccc4ccccc4c3)cc2)c2cc3ccc4cccc5c6cccc7ccc8cccc(c(c2)c3c45)c8c76)c1. The Bertz CT molecular complexity index is 4040. The number of hydrogen-bond donors (Lipinski definition) is 0. The molecule has 296 valence electrons. The largest absolute Gasteiger partial charge is 0.310 e. The molecular formula is C63H39N. The van der Waals surface area contributed by atoms with Gasteiger partial charge in [0.25, 0.3) is 0 Å². The molecule has 0 atom stereocenters. The third-order valence-electron chi connectivity index (χ3n) is 14.1. The zero-order valence-corrected chi connectivity index (χ0v) is 35.0. The van der Waals surface area contributed by atoms with E-state index in [1.54, 1.807) is 0 Å². The smallest absolute Gasteiger partial charge is 0.0474 e. The molecule has 1 aliphatic rings. The van der Waals surface area contributed by atoms with Gasteiger partial charge in [-0.25, -0.2) is 0 Å². The summed E-state index contributed by atoms with van der Waals surface area (Å²) in [5.74, 6) is 0. The number of rotatable bonds is 5. The predicted molar refractivity (Wildman–Crippen MR) is 274 cm³/mol. The second-order valence-corrected chi connectivity index (χ2v) is 17.6. The zero-order valence-electron chi connectivity index (χ0n) is 35.0. The molecule has 64 heavy (non-hydrogen) atoms. The lowest BCUT2D eigenvalue weighted by Crippen LogP contribution is -2.10. The van der Waals surface area contributed by atoms with Crippen LogP contribution in [0, 0.1) is 0 Å². The van der Waals surface area contributed by atoms with Crippen molar-refractivity contribution in [1.29, 1.82) is 0 Å². The lowest BCUT2D eigenvalue weighted by molar-refractivity contribution is 1.26. The lowest BCUT2D eigenvalue weighted by Gasteiger charge is -2.27. The van der Waals surface area contributed by atoms with E-state index in [1.165, 1.54) is 120 Å². The molecule has 0 aliphatic heterocycles. The second-order valence-electron chi connectivity index (χ2n) is 17.6. The van der Waals surface area contributed by atoms with E-state index in [2.05, 4.69) is 229 Å². The lowest BCUT2D eigenvalue weighted by atomic mass is 9.87. The van der Waals surface area contributed by atoms with Crippen molar-refractivity contribution in [3.8, 4) is 33.4 Å². The molecule has 0 radical (unpaired) electrons. The van der Waals surface area contributed by atoms with Gasteiger partial charge in [0, 0.05) is 17.1 Å². The Labute approximate surface area is 371 Å². The zero-order chi connectivity index (χ0) is 41.9. The number of nitrogens with zero attached hydrogens (tertiary/aromatic N) is 1. The number of benzene rings is 12. The van der Waals surface area contributed by atoms with Gasteiger partial charge in [-0.05, 0) is 169 Å². The summed E-state index contributed by atoms with van der Waals surface area (Å²) in [4.78, 5) is 2.48. The van der Waals surface area contributed by atoms with Gasteiger partial charge in [0.15, 0.2) is 0 Å². The molecule has 14 rings (SSSR count). The van der Waals surface area contributed by atoms with Gasteiger partial charge < -0.3 is 4.90 Å². The first-order chi connectivity index (χ1) is 31.7. The van der Waals surface area contributed by atoms with Gasteiger partial charge in [-0.3, -0.25) is 0 Å². The van der Waals surface area contributed by atoms with Crippen LogP contribution in [-0.2, 0) is 6.42 Å². The van der Waals surface area contributed by atoms with Crippen molar-refractivity contribution in [2.75, 3.05) is 4.90 Å². The standard InChI is InChI=1S/C63H39N/c1-2-11-44-34-45(28-24-39(44)10-1)40-30-32-49(33-31-40)64(50-17-5-16-46(35-50)53-19-9-20-54-52-18-4-3-12-47(52)37-58(53)54)51-36-48-29-27-43-14-7-22-56-55-21-6-13-41-25-26-42-15-8-23-57(62(42)60(41)55)59(38-51)63(48)61(43)56/h1-36,38H,37H2. The van der Waals surface area contributed by atoms with Gasteiger partial charge in [-0.2, -0.15) is 0 Å². The molecule has 0 bridgehead atoms. The van der Waals surface area contributed by atoms with Crippen LogP contribution in [0.4, 0.5) is 17.1 Å². The first-order valence-corrected chi connectivity index (χ1v) is 22.4. The Morgan fingerprint density at radius 1 is 0.266 bits per heavy atom. The molecule has 13 aromatic rings.